The highest BCUT2D eigenvalue weighted by Gasteiger charge is 2.18. The Bertz CT molecular complexity index is 412. The van der Waals surface area contributed by atoms with E-state index in [9.17, 15) is 9.59 Å². The molecule has 1 atom stereocenters. The predicted molar refractivity (Wildman–Crippen MR) is 67.8 cm³/mol. The first kappa shape index (κ1) is 12.6. The standard InChI is InChI=1S/C13H18N2O3/c1-10(16)15-12(9-18-2)13(17)14-8-11-6-4-3-5-7-11/h3-7,12H,8-9H2,1-2H3,(H,14,17)(H,15,16)/t12-/m0/s1/i1D. The minimum Gasteiger partial charge on any atom is -0.382 e. The van der Waals surface area contributed by atoms with Crippen LogP contribution < -0.4 is 10.6 Å². The van der Waals surface area contributed by atoms with Gasteiger partial charge in [0.2, 0.25) is 11.8 Å². The van der Waals surface area contributed by atoms with Crippen molar-refractivity contribution in [2.24, 2.45) is 0 Å². The van der Waals surface area contributed by atoms with E-state index in [-0.39, 0.29) is 12.5 Å². The highest BCUT2D eigenvalue weighted by Crippen LogP contribution is 1.97. The molecule has 0 aliphatic rings. The van der Waals surface area contributed by atoms with Crippen LogP contribution in [0.1, 0.15) is 13.8 Å². The highest BCUT2D eigenvalue weighted by molar-refractivity contribution is 5.86. The molecule has 1 aromatic rings. The van der Waals surface area contributed by atoms with Gasteiger partial charge in [0.1, 0.15) is 6.04 Å². The van der Waals surface area contributed by atoms with Crippen LogP contribution in [0.15, 0.2) is 30.3 Å². The number of hydrogen-bond donors (Lipinski definition) is 2. The molecule has 0 aromatic heterocycles. The van der Waals surface area contributed by atoms with Crippen LogP contribution in [0.3, 0.4) is 0 Å². The van der Waals surface area contributed by atoms with Crippen molar-refractivity contribution in [3.8, 4) is 0 Å². The summed E-state index contributed by atoms with van der Waals surface area (Å²) in [5.74, 6) is -0.829. The summed E-state index contributed by atoms with van der Waals surface area (Å²) >= 11 is 0. The number of methoxy groups -OCH3 is 1. The third-order valence-electron chi connectivity index (χ3n) is 2.29. The van der Waals surface area contributed by atoms with E-state index in [1.807, 2.05) is 30.3 Å². The average Bonchev–Trinajstić information content (AvgIpc) is 2.45. The molecule has 5 nitrogen and oxygen atoms in total. The van der Waals surface area contributed by atoms with Crippen molar-refractivity contribution in [3.05, 3.63) is 35.9 Å². The first-order chi connectivity index (χ1) is 9.17. The lowest BCUT2D eigenvalue weighted by Gasteiger charge is -2.16. The third kappa shape index (κ3) is 4.97. The van der Waals surface area contributed by atoms with E-state index in [1.165, 1.54) is 7.11 Å². The Balaban J connectivity index is 2.50. The molecule has 1 rings (SSSR count). The van der Waals surface area contributed by atoms with Crippen LogP contribution in [0, 0.1) is 0 Å². The zero-order valence-corrected chi connectivity index (χ0v) is 10.3. The number of carbonyl (C=O) groups is 2. The van der Waals surface area contributed by atoms with Gasteiger partial charge in [0.25, 0.3) is 0 Å². The summed E-state index contributed by atoms with van der Waals surface area (Å²) in [6.45, 7) is 0.0508. The molecule has 0 spiro atoms. The molecule has 0 bridgehead atoms. The molecular formula is C13H18N2O3. The van der Waals surface area contributed by atoms with Crippen molar-refractivity contribution in [2.45, 2.75) is 19.5 Å². The van der Waals surface area contributed by atoms with E-state index in [2.05, 4.69) is 10.6 Å². The van der Waals surface area contributed by atoms with Crippen LogP contribution in [-0.2, 0) is 20.9 Å². The van der Waals surface area contributed by atoms with Crippen LogP contribution in [0.4, 0.5) is 0 Å². The lowest BCUT2D eigenvalue weighted by atomic mass is 10.2. The Morgan fingerprint density at radius 1 is 1.39 bits per heavy atom. The minimum atomic E-state index is -0.772. The SMILES string of the molecule is [2H]CC(=O)N[C@@H](COC)C(=O)NCc1ccccc1. The molecule has 2 N–H and O–H groups in total. The Morgan fingerprint density at radius 3 is 2.72 bits per heavy atom. The molecule has 0 radical (unpaired) electrons. The van der Waals surface area contributed by atoms with Crippen LogP contribution in [0.25, 0.3) is 0 Å². The quantitative estimate of drug-likeness (QED) is 0.771. The van der Waals surface area contributed by atoms with Crippen LogP contribution in [-0.4, -0.2) is 31.6 Å². The van der Waals surface area contributed by atoms with Gasteiger partial charge in [-0.2, -0.15) is 0 Å². The summed E-state index contributed by atoms with van der Waals surface area (Å²) in [5, 5.41) is 5.16. The Hall–Kier alpha value is -1.88. The van der Waals surface area contributed by atoms with Crippen molar-refractivity contribution < 1.29 is 15.7 Å². The van der Waals surface area contributed by atoms with Gasteiger partial charge in [-0.25, -0.2) is 0 Å². The molecule has 2 amide bonds. The lowest BCUT2D eigenvalue weighted by molar-refractivity contribution is -0.129. The fraction of sp³-hybridized carbons (Fsp3) is 0.385. The number of amides is 2. The fourth-order valence-electron chi connectivity index (χ4n) is 1.45. The summed E-state index contributed by atoms with van der Waals surface area (Å²) in [6.07, 6.45) is 0. The molecule has 0 fully saturated rings. The molecule has 98 valence electrons. The largest absolute Gasteiger partial charge is 0.382 e. The number of carbonyl (C=O) groups excluding carboxylic acids is 2. The zero-order chi connectivity index (χ0) is 14.1. The van der Waals surface area contributed by atoms with Crippen molar-refractivity contribution in [3.63, 3.8) is 0 Å². The number of rotatable bonds is 6. The highest BCUT2D eigenvalue weighted by atomic mass is 16.5. The van der Waals surface area contributed by atoms with Crippen molar-refractivity contribution >= 4 is 11.8 Å². The number of ether oxygens (including phenoxy) is 1. The zero-order valence-electron chi connectivity index (χ0n) is 11.3. The van der Waals surface area contributed by atoms with E-state index in [1.54, 1.807) is 0 Å². The van der Waals surface area contributed by atoms with Gasteiger partial charge in [-0.05, 0) is 5.56 Å². The van der Waals surface area contributed by atoms with Gasteiger partial charge in [-0.1, -0.05) is 30.3 Å². The average molecular weight is 251 g/mol. The van der Waals surface area contributed by atoms with Gasteiger partial charge in [0.05, 0.1) is 6.61 Å². The molecule has 5 heteroatoms. The van der Waals surface area contributed by atoms with E-state index in [0.29, 0.717) is 6.54 Å². The fourth-order valence-corrected chi connectivity index (χ4v) is 1.45. The molecule has 0 unspecified atom stereocenters. The maximum Gasteiger partial charge on any atom is 0.245 e. The first-order valence-corrected chi connectivity index (χ1v) is 5.56. The van der Waals surface area contributed by atoms with Crippen LogP contribution >= 0.6 is 0 Å². The van der Waals surface area contributed by atoms with E-state index >= 15 is 0 Å². The Labute approximate surface area is 108 Å². The number of benzene rings is 1. The molecule has 0 heterocycles. The van der Waals surface area contributed by atoms with Gasteiger partial charge in [0.15, 0.2) is 0 Å². The molecular weight excluding hydrogens is 232 g/mol. The van der Waals surface area contributed by atoms with E-state index in [4.69, 9.17) is 6.11 Å². The molecule has 0 saturated heterocycles. The molecule has 0 saturated carbocycles. The van der Waals surface area contributed by atoms with Crippen molar-refractivity contribution in [2.75, 3.05) is 13.7 Å². The topological polar surface area (TPSA) is 67.4 Å². The Kier molecular flexibility index (Phi) is 5.20. The molecule has 0 aliphatic heterocycles. The maximum atomic E-state index is 11.9. The van der Waals surface area contributed by atoms with Gasteiger partial charge in [-0.15, -0.1) is 0 Å². The third-order valence-corrected chi connectivity index (χ3v) is 2.29. The smallest absolute Gasteiger partial charge is 0.245 e. The van der Waals surface area contributed by atoms with Gasteiger partial charge in [-0.3, -0.25) is 9.59 Å². The summed E-state index contributed by atoms with van der Waals surface area (Å²) < 4.78 is 11.8. The second kappa shape index (κ2) is 7.45. The second-order valence-electron chi connectivity index (χ2n) is 3.78. The number of hydrogen-bond acceptors (Lipinski definition) is 3. The van der Waals surface area contributed by atoms with Crippen LogP contribution in [0.2, 0.25) is 0 Å². The summed E-state index contributed by atoms with van der Waals surface area (Å²) in [4.78, 5) is 23.0. The molecule has 1 aromatic carbocycles. The lowest BCUT2D eigenvalue weighted by Crippen LogP contribution is -2.48. The summed E-state index contributed by atoms with van der Waals surface area (Å²) in [7, 11) is 1.45. The van der Waals surface area contributed by atoms with Crippen molar-refractivity contribution in [1.82, 2.24) is 10.6 Å². The van der Waals surface area contributed by atoms with Gasteiger partial charge in [0, 0.05) is 21.9 Å². The number of nitrogens with one attached hydrogen (secondary N) is 2. The van der Waals surface area contributed by atoms with E-state index in [0.717, 1.165) is 5.56 Å². The summed E-state index contributed by atoms with van der Waals surface area (Å²) in [5.41, 5.74) is 0.971. The molecule has 18 heavy (non-hydrogen) atoms. The van der Waals surface area contributed by atoms with E-state index < -0.39 is 18.8 Å². The van der Waals surface area contributed by atoms with Gasteiger partial charge >= 0.3 is 0 Å². The molecule has 0 aliphatic carbocycles. The van der Waals surface area contributed by atoms with Gasteiger partial charge < -0.3 is 15.4 Å². The summed E-state index contributed by atoms with van der Waals surface area (Å²) in [6, 6.07) is 8.69. The predicted octanol–water partition coefficient (Wildman–Crippen LogP) is 0.454. The Morgan fingerprint density at radius 2 is 2.11 bits per heavy atom. The minimum absolute atomic E-state index is 0.0758. The normalized spacial score (nSPS) is 12.4. The first-order valence-electron chi connectivity index (χ1n) is 6.27. The maximum absolute atomic E-state index is 11.9. The van der Waals surface area contributed by atoms with Crippen LogP contribution in [0.5, 0.6) is 0 Å². The van der Waals surface area contributed by atoms with Crippen molar-refractivity contribution in [1.29, 1.82) is 0 Å². The second-order valence-corrected chi connectivity index (χ2v) is 3.78. The monoisotopic (exact) mass is 251 g/mol.